The van der Waals surface area contributed by atoms with Crippen molar-refractivity contribution in [3.8, 4) is 0 Å². The van der Waals surface area contributed by atoms with E-state index in [0.29, 0.717) is 19.1 Å². The predicted octanol–water partition coefficient (Wildman–Crippen LogP) is 2.57. The van der Waals surface area contributed by atoms with Gasteiger partial charge in [-0.3, -0.25) is 4.79 Å². The molecule has 0 spiro atoms. The van der Waals surface area contributed by atoms with E-state index in [1.807, 2.05) is 6.07 Å². The van der Waals surface area contributed by atoms with Gasteiger partial charge in [0.05, 0.1) is 4.90 Å². The molecule has 3 rings (SSSR count). The zero-order valence-electron chi connectivity index (χ0n) is 16.8. The molecule has 2 N–H and O–H groups in total. The van der Waals surface area contributed by atoms with Gasteiger partial charge in [0, 0.05) is 37.4 Å². The van der Waals surface area contributed by atoms with Gasteiger partial charge in [-0.1, -0.05) is 37.3 Å². The molecule has 0 saturated heterocycles. The van der Waals surface area contributed by atoms with E-state index >= 15 is 0 Å². The number of fused-ring (bicyclic) bond motifs is 1. The molecule has 0 radical (unpaired) electrons. The molecular formula is C22H27N3O3S. The Morgan fingerprint density at radius 2 is 1.90 bits per heavy atom. The highest BCUT2D eigenvalue weighted by molar-refractivity contribution is 7.89. The lowest BCUT2D eigenvalue weighted by Crippen LogP contribution is -2.37. The molecular weight excluding hydrogens is 386 g/mol. The molecule has 6 nitrogen and oxygen atoms in total. The van der Waals surface area contributed by atoms with E-state index in [-0.39, 0.29) is 10.8 Å². The van der Waals surface area contributed by atoms with Crippen molar-refractivity contribution >= 4 is 27.7 Å². The Hall–Kier alpha value is -2.64. The van der Waals surface area contributed by atoms with Crippen LogP contribution in [0.3, 0.4) is 0 Å². The Labute approximate surface area is 172 Å². The minimum absolute atomic E-state index is 0.172. The minimum Gasteiger partial charge on any atom is -0.367 e. The summed E-state index contributed by atoms with van der Waals surface area (Å²) in [4.78, 5) is 14.6. The second-order valence-electron chi connectivity index (χ2n) is 7.07. The van der Waals surface area contributed by atoms with Crippen molar-refractivity contribution in [2.75, 3.05) is 24.5 Å². The number of hydrogen-bond acceptors (Lipinski definition) is 4. The number of para-hydroxylation sites is 1. The molecule has 2 aromatic rings. The van der Waals surface area contributed by atoms with Gasteiger partial charge >= 0.3 is 0 Å². The quantitative estimate of drug-likeness (QED) is 0.652. The van der Waals surface area contributed by atoms with Crippen LogP contribution in [0.2, 0.25) is 0 Å². The van der Waals surface area contributed by atoms with E-state index < -0.39 is 10.0 Å². The van der Waals surface area contributed by atoms with Gasteiger partial charge < -0.3 is 10.2 Å². The normalized spacial score (nSPS) is 16.2. The zero-order valence-corrected chi connectivity index (χ0v) is 17.6. The number of benzene rings is 2. The number of sulfonamides is 1. The Bertz CT molecular complexity index is 985. The molecule has 0 fully saturated rings. The number of carbonyl (C=O) groups excluding carboxylic acids is 1. The number of hydrogen-bond donors (Lipinski definition) is 2. The van der Waals surface area contributed by atoms with Gasteiger partial charge in [-0.25, -0.2) is 13.1 Å². The van der Waals surface area contributed by atoms with E-state index in [9.17, 15) is 13.2 Å². The van der Waals surface area contributed by atoms with E-state index in [0.717, 1.165) is 18.5 Å². The van der Waals surface area contributed by atoms with Gasteiger partial charge in [0.25, 0.3) is 0 Å². The van der Waals surface area contributed by atoms with E-state index in [1.54, 1.807) is 25.1 Å². The Balaban J connectivity index is 1.50. The van der Waals surface area contributed by atoms with Crippen LogP contribution in [0.15, 0.2) is 59.5 Å². The lowest BCUT2D eigenvalue weighted by Gasteiger charge is -2.24. The SMILES string of the molecule is CCNS(=O)(=O)c1ccc(/C=C/C(=O)NCCN2c3ccccc3CC2C)cc1. The van der Waals surface area contributed by atoms with Crippen molar-refractivity contribution in [1.82, 2.24) is 10.0 Å². The maximum absolute atomic E-state index is 12.1. The molecule has 1 atom stereocenters. The predicted molar refractivity (Wildman–Crippen MR) is 116 cm³/mol. The summed E-state index contributed by atoms with van der Waals surface area (Å²) in [6.45, 7) is 5.58. The average molecular weight is 414 g/mol. The third-order valence-electron chi connectivity index (χ3n) is 4.95. The average Bonchev–Trinajstić information content (AvgIpc) is 3.02. The second-order valence-corrected chi connectivity index (χ2v) is 8.84. The van der Waals surface area contributed by atoms with Crippen molar-refractivity contribution in [1.29, 1.82) is 0 Å². The van der Waals surface area contributed by atoms with E-state index in [2.05, 4.69) is 40.1 Å². The molecule has 1 aliphatic rings. The lowest BCUT2D eigenvalue weighted by atomic mass is 10.1. The largest absolute Gasteiger partial charge is 0.367 e. The van der Waals surface area contributed by atoms with Crippen molar-refractivity contribution in [3.05, 3.63) is 65.7 Å². The number of amides is 1. The van der Waals surface area contributed by atoms with Crippen LogP contribution in [0.5, 0.6) is 0 Å². The third kappa shape index (κ3) is 5.25. The highest BCUT2D eigenvalue weighted by Gasteiger charge is 2.24. The van der Waals surface area contributed by atoms with Crippen molar-refractivity contribution in [2.24, 2.45) is 0 Å². The molecule has 29 heavy (non-hydrogen) atoms. The Kier molecular flexibility index (Phi) is 6.71. The molecule has 154 valence electrons. The van der Waals surface area contributed by atoms with Crippen LogP contribution in [0, 0.1) is 0 Å². The zero-order chi connectivity index (χ0) is 20.9. The first-order chi connectivity index (χ1) is 13.9. The molecule has 1 heterocycles. The number of anilines is 1. The maximum Gasteiger partial charge on any atom is 0.244 e. The van der Waals surface area contributed by atoms with Crippen LogP contribution in [0.25, 0.3) is 6.08 Å². The highest BCUT2D eigenvalue weighted by atomic mass is 32.2. The monoisotopic (exact) mass is 413 g/mol. The number of rotatable bonds is 8. The maximum atomic E-state index is 12.1. The highest BCUT2D eigenvalue weighted by Crippen LogP contribution is 2.31. The van der Waals surface area contributed by atoms with Gasteiger partial charge in [-0.05, 0) is 48.7 Å². The summed E-state index contributed by atoms with van der Waals surface area (Å²) >= 11 is 0. The summed E-state index contributed by atoms with van der Waals surface area (Å²) in [5.74, 6) is -0.172. The Morgan fingerprint density at radius 3 is 2.62 bits per heavy atom. The van der Waals surface area contributed by atoms with Crippen LogP contribution in [-0.2, 0) is 21.2 Å². The van der Waals surface area contributed by atoms with Crippen molar-refractivity contribution in [2.45, 2.75) is 31.2 Å². The number of nitrogens with one attached hydrogen (secondary N) is 2. The van der Waals surface area contributed by atoms with Crippen LogP contribution in [-0.4, -0.2) is 40.0 Å². The second kappa shape index (κ2) is 9.24. The molecule has 0 aromatic heterocycles. The van der Waals surface area contributed by atoms with Crippen LogP contribution < -0.4 is 14.9 Å². The molecule has 0 aliphatic carbocycles. The van der Waals surface area contributed by atoms with Gasteiger partial charge in [-0.15, -0.1) is 0 Å². The fraction of sp³-hybridized carbons (Fsp3) is 0.318. The fourth-order valence-corrected chi connectivity index (χ4v) is 4.57. The van der Waals surface area contributed by atoms with E-state index in [4.69, 9.17) is 0 Å². The minimum atomic E-state index is -3.46. The van der Waals surface area contributed by atoms with E-state index in [1.165, 1.54) is 29.5 Å². The summed E-state index contributed by atoms with van der Waals surface area (Å²) in [6, 6.07) is 15.2. The van der Waals surface area contributed by atoms with Crippen molar-refractivity contribution < 1.29 is 13.2 Å². The topological polar surface area (TPSA) is 78.5 Å². The summed E-state index contributed by atoms with van der Waals surface area (Å²) in [5, 5.41) is 2.91. The molecule has 0 bridgehead atoms. The molecule has 1 amide bonds. The van der Waals surface area contributed by atoms with Gasteiger partial charge in [0.2, 0.25) is 15.9 Å². The molecule has 2 aromatic carbocycles. The summed E-state index contributed by atoms with van der Waals surface area (Å²) in [6.07, 6.45) is 4.17. The van der Waals surface area contributed by atoms with Crippen LogP contribution in [0.1, 0.15) is 25.0 Å². The lowest BCUT2D eigenvalue weighted by molar-refractivity contribution is -0.116. The fourth-order valence-electron chi connectivity index (χ4n) is 3.53. The van der Waals surface area contributed by atoms with Gasteiger partial charge in [0.1, 0.15) is 0 Å². The third-order valence-corrected chi connectivity index (χ3v) is 6.51. The number of carbonyl (C=O) groups is 1. The molecule has 1 aliphatic heterocycles. The first kappa shape index (κ1) is 21.1. The smallest absolute Gasteiger partial charge is 0.244 e. The first-order valence-corrected chi connectivity index (χ1v) is 11.3. The molecule has 0 saturated carbocycles. The summed E-state index contributed by atoms with van der Waals surface area (Å²) < 4.78 is 26.3. The molecule has 1 unspecified atom stereocenters. The van der Waals surface area contributed by atoms with Crippen LogP contribution >= 0.6 is 0 Å². The van der Waals surface area contributed by atoms with Gasteiger partial charge in [-0.2, -0.15) is 0 Å². The first-order valence-electron chi connectivity index (χ1n) is 9.81. The summed E-state index contributed by atoms with van der Waals surface area (Å²) in [7, 11) is -3.46. The number of nitrogens with zero attached hydrogens (tertiary/aromatic N) is 1. The Morgan fingerprint density at radius 1 is 1.17 bits per heavy atom. The molecule has 7 heteroatoms. The van der Waals surface area contributed by atoms with Crippen LogP contribution in [0.4, 0.5) is 5.69 Å². The summed E-state index contributed by atoms with van der Waals surface area (Å²) in [5.41, 5.74) is 3.36. The standard InChI is InChI=1S/C22H27N3O3S/c1-3-24-29(27,28)20-11-8-18(9-12-20)10-13-22(26)23-14-15-25-17(2)16-19-6-4-5-7-21(19)25/h4-13,17,24H,3,14-16H2,1-2H3,(H,23,26)/b13-10+. The van der Waals surface area contributed by atoms with Gasteiger partial charge in [0.15, 0.2) is 0 Å². The van der Waals surface area contributed by atoms with Crippen molar-refractivity contribution in [3.63, 3.8) is 0 Å².